The summed E-state index contributed by atoms with van der Waals surface area (Å²) in [6.07, 6.45) is 0. The Morgan fingerprint density at radius 3 is 2.62 bits per heavy atom. The first-order chi connectivity index (χ1) is 10.0. The van der Waals surface area contributed by atoms with E-state index in [0.29, 0.717) is 16.3 Å². The van der Waals surface area contributed by atoms with Gasteiger partial charge in [0.15, 0.2) is 0 Å². The van der Waals surface area contributed by atoms with Crippen molar-refractivity contribution in [2.24, 2.45) is 0 Å². The lowest BCUT2D eigenvalue weighted by molar-refractivity contribution is -0.134. The number of nitrogens with two attached hydrogens (primary N) is 1. The summed E-state index contributed by atoms with van der Waals surface area (Å²) < 4.78 is 0. The van der Waals surface area contributed by atoms with E-state index >= 15 is 0 Å². The van der Waals surface area contributed by atoms with Crippen molar-refractivity contribution in [3.8, 4) is 17.3 Å². The van der Waals surface area contributed by atoms with Gasteiger partial charge in [0.05, 0.1) is 5.69 Å². The molecule has 2 rings (SSSR count). The molecule has 21 heavy (non-hydrogen) atoms. The third-order valence-corrected chi connectivity index (χ3v) is 2.82. The Morgan fingerprint density at radius 1 is 1.38 bits per heavy atom. The summed E-state index contributed by atoms with van der Waals surface area (Å²) in [5.41, 5.74) is 6.79. The lowest BCUT2D eigenvalue weighted by atomic mass is 10.1. The maximum absolute atomic E-state index is 10.6. The first-order valence-electron chi connectivity index (χ1n) is 5.80. The number of anilines is 2. The van der Waals surface area contributed by atoms with E-state index in [9.17, 15) is 10.1 Å². The fraction of sp³-hybridized carbons (Fsp3) is 0.0769. The topological polar surface area (TPSA) is 125 Å². The Hall–Kier alpha value is -2.85. The zero-order chi connectivity index (χ0) is 15.4. The fourth-order valence-electron chi connectivity index (χ4n) is 1.64. The Balaban J connectivity index is 2.49. The summed E-state index contributed by atoms with van der Waals surface area (Å²) in [5, 5.41) is 20.9. The number of nitrogens with one attached hydrogen (secondary N) is 1. The predicted molar refractivity (Wildman–Crippen MR) is 77.7 cm³/mol. The predicted octanol–water partition coefficient (Wildman–Crippen LogP) is 1.75. The van der Waals surface area contributed by atoms with Crippen molar-refractivity contribution in [2.75, 3.05) is 17.6 Å². The highest BCUT2D eigenvalue weighted by molar-refractivity contribution is 6.30. The zero-order valence-corrected chi connectivity index (χ0v) is 11.4. The third-order valence-electron chi connectivity index (χ3n) is 2.56. The van der Waals surface area contributed by atoms with Crippen LogP contribution in [0.15, 0.2) is 24.3 Å². The molecule has 0 aliphatic rings. The molecule has 1 aromatic carbocycles. The molecule has 0 atom stereocenters. The number of hydrogen-bond acceptors (Lipinski definition) is 6. The number of halogens is 1. The standard InChI is InChI=1S/C13H10ClN5O2/c14-8-3-1-7(2-4-8)11-9(5-15)12(16)19-13(18-11)17-6-10(20)21/h1-4H,6H2,(H,20,21)(H3,16,17,18,19). The number of rotatable bonds is 4. The van der Waals surface area contributed by atoms with E-state index in [2.05, 4.69) is 15.3 Å². The average Bonchev–Trinajstić information content (AvgIpc) is 2.45. The van der Waals surface area contributed by atoms with E-state index in [4.69, 9.17) is 22.4 Å². The van der Waals surface area contributed by atoms with Crippen LogP contribution in [-0.2, 0) is 4.79 Å². The quantitative estimate of drug-likeness (QED) is 0.785. The van der Waals surface area contributed by atoms with Crippen molar-refractivity contribution in [1.29, 1.82) is 5.26 Å². The number of nitriles is 1. The highest BCUT2D eigenvalue weighted by atomic mass is 35.5. The van der Waals surface area contributed by atoms with Gasteiger partial charge in [0.25, 0.3) is 0 Å². The van der Waals surface area contributed by atoms with Gasteiger partial charge >= 0.3 is 5.97 Å². The van der Waals surface area contributed by atoms with Crippen LogP contribution >= 0.6 is 11.6 Å². The number of carbonyl (C=O) groups is 1. The second-order valence-electron chi connectivity index (χ2n) is 4.02. The maximum atomic E-state index is 10.6. The van der Waals surface area contributed by atoms with Crippen molar-refractivity contribution < 1.29 is 9.90 Å². The molecule has 1 heterocycles. The number of aliphatic carboxylic acids is 1. The van der Waals surface area contributed by atoms with E-state index in [0.717, 1.165) is 0 Å². The third kappa shape index (κ3) is 3.38. The summed E-state index contributed by atoms with van der Waals surface area (Å²) in [5.74, 6) is -1.04. The lowest BCUT2D eigenvalue weighted by Crippen LogP contribution is -2.15. The van der Waals surface area contributed by atoms with Crippen molar-refractivity contribution in [1.82, 2.24) is 9.97 Å². The Morgan fingerprint density at radius 2 is 2.05 bits per heavy atom. The highest BCUT2D eigenvalue weighted by Gasteiger charge is 2.14. The van der Waals surface area contributed by atoms with Gasteiger partial charge in [-0.1, -0.05) is 23.7 Å². The summed E-state index contributed by atoms with van der Waals surface area (Å²) in [6.45, 7) is -0.356. The number of benzene rings is 1. The van der Waals surface area contributed by atoms with Gasteiger partial charge in [-0.2, -0.15) is 10.2 Å². The number of carboxylic acid groups (broad SMARTS) is 1. The summed E-state index contributed by atoms with van der Waals surface area (Å²) in [6, 6.07) is 8.62. The van der Waals surface area contributed by atoms with E-state index in [1.54, 1.807) is 24.3 Å². The minimum Gasteiger partial charge on any atom is -0.480 e. The van der Waals surface area contributed by atoms with E-state index in [-0.39, 0.29) is 23.9 Å². The Bertz CT molecular complexity index is 725. The van der Waals surface area contributed by atoms with Gasteiger partial charge in [-0.3, -0.25) is 4.79 Å². The van der Waals surface area contributed by atoms with Crippen LogP contribution in [0.1, 0.15) is 5.56 Å². The van der Waals surface area contributed by atoms with Gasteiger partial charge in [0.2, 0.25) is 5.95 Å². The molecule has 0 amide bonds. The molecule has 2 aromatic rings. The minimum atomic E-state index is -1.06. The van der Waals surface area contributed by atoms with Gasteiger partial charge in [-0.15, -0.1) is 0 Å². The molecule has 106 valence electrons. The summed E-state index contributed by atoms with van der Waals surface area (Å²) >= 11 is 5.82. The molecule has 0 aliphatic carbocycles. The lowest BCUT2D eigenvalue weighted by Gasteiger charge is -2.09. The van der Waals surface area contributed by atoms with Crippen molar-refractivity contribution >= 4 is 29.3 Å². The second kappa shape index (κ2) is 6.07. The number of carboxylic acids is 1. The highest BCUT2D eigenvalue weighted by Crippen LogP contribution is 2.26. The molecule has 0 spiro atoms. The van der Waals surface area contributed by atoms with Gasteiger partial charge in [0.1, 0.15) is 24.0 Å². The number of hydrogen-bond donors (Lipinski definition) is 3. The minimum absolute atomic E-state index is 0.0228. The maximum Gasteiger partial charge on any atom is 0.322 e. The molecule has 0 unspecified atom stereocenters. The molecule has 7 nitrogen and oxygen atoms in total. The van der Waals surface area contributed by atoms with Crippen LogP contribution in [0, 0.1) is 11.3 Å². The van der Waals surface area contributed by atoms with Gasteiger partial charge < -0.3 is 16.2 Å². The van der Waals surface area contributed by atoms with Crippen LogP contribution in [0.5, 0.6) is 0 Å². The monoisotopic (exact) mass is 303 g/mol. The zero-order valence-electron chi connectivity index (χ0n) is 10.7. The van der Waals surface area contributed by atoms with Crippen LogP contribution in [0.2, 0.25) is 5.02 Å². The van der Waals surface area contributed by atoms with Crippen LogP contribution in [-0.4, -0.2) is 27.6 Å². The van der Waals surface area contributed by atoms with Gasteiger partial charge in [-0.05, 0) is 12.1 Å². The molecule has 1 aromatic heterocycles. The number of nitrogen functional groups attached to an aromatic ring is 1. The second-order valence-corrected chi connectivity index (χ2v) is 4.46. The average molecular weight is 304 g/mol. The molecular formula is C13H10ClN5O2. The number of aromatic nitrogens is 2. The normalized spacial score (nSPS) is 9.90. The van der Waals surface area contributed by atoms with Crippen molar-refractivity contribution in [3.05, 3.63) is 34.9 Å². The van der Waals surface area contributed by atoms with Crippen molar-refractivity contribution in [3.63, 3.8) is 0 Å². The van der Waals surface area contributed by atoms with E-state index in [1.165, 1.54) is 0 Å². The molecule has 0 radical (unpaired) electrons. The SMILES string of the molecule is N#Cc1c(N)nc(NCC(=O)O)nc1-c1ccc(Cl)cc1. The Labute approximate surface area is 125 Å². The van der Waals surface area contributed by atoms with E-state index in [1.807, 2.05) is 6.07 Å². The molecular weight excluding hydrogens is 294 g/mol. The molecule has 0 saturated heterocycles. The smallest absolute Gasteiger partial charge is 0.322 e. The molecule has 8 heteroatoms. The van der Waals surface area contributed by atoms with Gasteiger partial charge in [-0.25, -0.2) is 4.98 Å². The first-order valence-corrected chi connectivity index (χ1v) is 6.18. The largest absolute Gasteiger partial charge is 0.480 e. The van der Waals surface area contributed by atoms with Crippen LogP contribution in [0.3, 0.4) is 0 Å². The fourth-order valence-corrected chi connectivity index (χ4v) is 1.76. The van der Waals surface area contributed by atoms with Crippen LogP contribution < -0.4 is 11.1 Å². The summed E-state index contributed by atoms with van der Waals surface area (Å²) in [4.78, 5) is 18.6. The molecule has 4 N–H and O–H groups in total. The first kappa shape index (κ1) is 14.6. The number of nitrogens with zero attached hydrogens (tertiary/aromatic N) is 3. The van der Waals surface area contributed by atoms with Gasteiger partial charge in [0, 0.05) is 10.6 Å². The molecule has 0 bridgehead atoms. The van der Waals surface area contributed by atoms with E-state index < -0.39 is 5.97 Å². The van der Waals surface area contributed by atoms with Crippen LogP contribution in [0.25, 0.3) is 11.3 Å². The summed E-state index contributed by atoms with van der Waals surface area (Å²) in [7, 11) is 0. The Kier molecular flexibility index (Phi) is 4.21. The van der Waals surface area contributed by atoms with Crippen molar-refractivity contribution in [2.45, 2.75) is 0 Å². The molecule has 0 fully saturated rings. The molecule has 0 aliphatic heterocycles. The van der Waals surface area contributed by atoms with Crippen LogP contribution in [0.4, 0.5) is 11.8 Å². The molecule has 0 saturated carbocycles.